The monoisotopic (exact) mass is 290 g/mol. The summed E-state index contributed by atoms with van der Waals surface area (Å²) >= 11 is 0. The topological polar surface area (TPSA) is 80.0 Å². The number of nitrogens with zero attached hydrogens (tertiary/aromatic N) is 2. The van der Waals surface area contributed by atoms with Crippen LogP contribution in [0.3, 0.4) is 0 Å². The fourth-order valence-electron chi connectivity index (χ4n) is 1.60. The summed E-state index contributed by atoms with van der Waals surface area (Å²) in [6.07, 6.45) is 2.53. The summed E-state index contributed by atoms with van der Waals surface area (Å²) < 4.78 is 5.16. The molecule has 0 bridgehead atoms. The van der Waals surface area contributed by atoms with Crippen LogP contribution in [0, 0.1) is 0 Å². The highest BCUT2D eigenvalue weighted by Crippen LogP contribution is 2.16. The molecule has 0 fully saturated rings. The first kappa shape index (κ1) is 17.0. The molecular formula is C15H22N4O2. The molecule has 2 rings (SSSR count). The highest BCUT2D eigenvalue weighted by Gasteiger charge is 2.07. The van der Waals surface area contributed by atoms with Crippen molar-refractivity contribution in [2.75, 3.05) is 27.7 Å². The molecule has 0 unspecified atom stereocenters. The number of benzene rings is 1. The third-order valence-electron chi connectivity index (χ3n) is 2.59. The average Bonchev–Trinajstić information content (AvgIpc) is 2.97. The van der Waals surface area contributed by atoms with Crippen LogP contribution in [0.15, 0.2) is 28.8 Å². The van der Waals surface area contributed by atoms with Crippen LogP contribution >= 0.6 is 0 Å². The highest BCUT2D eigenvalue weighted by atomic mass is 16.5. The first-order valence-corrected chi connectivity index (χ1v) is 6.86. The van der Waals surface area contributed by atoms with Crippen molar-refractivity contribution in [1.82, 2.24) is 20.8 Å². The van der Waals surface area contributed by atoms with E-state index in [9.17, 15) is 4.79 Å². The van der Waals surface area contributed by atoms with E-state index in [2.05, 4.69) is 20.8 Å². The Hall–Kier alpha value is -2.05. The Labute approximate surface area is 124 Å². The smallest absolute Gasteiger partial charge is 0.227 e. The van der Waals surface area contributed by atoms with Crippen LogP contribution in [0.4, 0.5) is 0 Å². The van der Waals surface area contributed by atoms with Gasteiger partial charge < -0.3 is 15.2 Å². The summed E-state index contributed by atoms with van der Waals surface area (Å²) in [5.74, 6) is 1.20. The number of aldehydes is 1. The van der Waals surface area contributed by atoms with Crippen LogP contribution in [0.1, 0.15) is 22.7 Å². The molecule has 6 heteroatoms. The zero-order valence-electron chi connectivity index (χ0n) is 12.7. The van der Waals surface area contributed by atoms with E-state index in [0.29, 0.717) is 17.3 Å². The average molecular weight is 290 g/mol. The quantitative estimate of drug-likeness (QED) is 0.620. The van der Waals surface area contributed by atoms with E-state index in [4.69, 9.17) is 4.52 Å². The lowest BCUT2D eigenvalue weighted by atomic mass is 10.1. The number of nitrogens with one attached hydrogen (secondary N) is 2. The first-order valence-electron chi connectivity index (χ1n) is 6.86. The Balaban J connectivity index is 0.000000677. The normalized spacial score (nSPS) is 9.86. The van der Waals surface area contributed by atoms with Crippen molar-refractivity contribution in [3.05, 3.63) is 35.7 Å². The SMILES string of the molecule is CNC.CNCCCc1nc(-c2ccc(C=O)cc2)no1. The molecule has 0 amide bonds. The molecule has 0 aliphatic heterocycles. The van der Waals surface area contributed by atoms with Gasteiger partial charge in [-0.15, -0.1) is 0 Å². The molecule has 0 aliphatic rings. The van der Waals surface area contributed by atoms with Crippen LogP contribution in [-0.2, 0) is 6.42 Å². The van der Waals surface area contributed by atoms with Gasteiger partial charge in [0.25, 0.3) is 0 Å². The van der Waals surface area contributed by atoms with Gasteiger partial charge in [-0.2, -0.15) is 4.98 Å². The molecule has 6 nitrogen and oxygen atoms in total. The van der Waals surface area contributed by atoms with Crippen molar-refractivity contribution in [2.24, 2.45) is 0 Å². The fraction of sp³-hybridized carbons (Fsp3) is 0.400. The van der Waals surface area contributed by atoms with Crippen LogP contribution < -0.4 is 10.6 Å². The Bertz CT molecular complexity index is 523. The number of carbonyl (C=O) groups excluding carboxylic acids is 1. The zero-order valence-corrected chi connectivity index (χ0v) is 12.7. The van der Waals surface area contributed by atoms with E-state index in [1.807, 2.05) is 33.3 Å². The van der Waals surface area contributed by atoms with Crippen molar-refractivity contribution in [3.8, 4) is 11.4 Å². The second kappa shape index (κ2) is 9.79. The molecule has 1 aromatic carbocycles. The van der Waals surface area contributed by atoms with Crippen LogP contribution in [0.25, 0.3) is 11.4 Å². The van der Waals surface area contributed by atoms with Crippen molar-refractivity contribution in [1.29, 1.82) is 0 Å². The highest BCUT2D eigenvalue weighted by molar-refractivity contribution is 5.76. The second-order valence-electron chi connectivity index (χ2n) is 4.46. The van der Waals surface area contributed by atoms with E-state index in [-0.39, 0.29) is 0 Å². The van der Waals surface area contributed by atoms with Gasteiger partial charge in [-0.05, 0) is 34.1 Å². The molecule has 1 aromatic heterocycles. The summed E-state index contributed by atoms with van der Waals surface area (Å²) in [5.41, 5.74) is 1.49. The van der Waals surface area contributed by atoms with Crippen molar-refractivity contribution >= 4 is 6.29 Å². The third-order valence-corrected chi connectivity index (χ3v) is 2.59. The molecule has 21 heavy (non-hydrogen) atoms. The number of aromatic nitrogens is 2. The van der Waals surface area contributed by atoms with E-state index in [1.54, 1.807) is 12.1 Å². The number of aryl methyl sites for hydroxylation is 1. The predicted molar refractivity (Wildman–Crippen MR) is 82.4 cm³/mol. The molecule has 2 aromatic rings. The van der Waals surface area contributed by atoms with Gasteiger partial charge in [-0.1, -0.05) is 29.4 Å². The Morgan fingerprint density at radius 1 is 1.19 bits per heavy atom. The Morgan fingerprint density at radius 2 is 1.86 bits per heavy atom. The number of carbonyl (C=O) groups is 1. The lowest BCUT2D eigenvalue weighted by molar-refractivity contribution is 0.112. The van der Waals surface area contributed by atoms with Crippen LogP contribution in [-0.4, -0.2) is 44.1 Å². The van der Waals surface area contributed by atoms with E-state index in [0.717, 1.165) is 31.2 Å². The lowest BCUT2D eigenvalue weighted by Crippen LogP contribution is -2.08. The van der Waals surface area contributed by atoms with E-state index >= 15 is 0 Å². The molecule has 114 valence electrons. The summed E-state index contributed by atoms with van der Waals surface area (Å²) in [6.45, 7) is 0.922. The predicted octanol–water partition coefficient (Wildman–Crippen LogP) is 1.54. The summed E-state index contributed by atoms with van der Waals surface area (Å²) in [7, 11) is 5.66. The molecule has 0 saturated heterocycles. The van der Waals surface area contributed by atoms with Gasteiger partial charge >= 0.3 is 0 Å². The standard InChI is InChI=1S/C13H15N3O2.C2H7N/c1-14-8-2-3-12-15-13(16-18-12)11-6-4-10(9-17)5-7-11;1-3-2/h4-7,9,14H,2-3,8H2,1H3;3H,1-2H3. The maximum Gasteiger partial charge on any atom is 0.227 e. The Kier molecular flexibility index (Phi) is 7.93. The van der Waals surface area contributed by atoms with Gasteiger partial charge in [0.1, 0.15) is 6.29 Å². The molecule has 0 radical (unpaired) electrons. The molecule has 0 spiro atoms. The second-order valence-corrected chi connectivity index (χ2v) is 4.46. The number of hydrogen-bond acceptors (Lipinski definition) is 6. The largest absolute Gasteiger partial charge is 0.339 e. The van der Waals surface area contributed by atoms with E-state index < -0.39 is 0 Å². The van der Waals surface area contributed by atoms with E-state index in [1.165, 1.54) is 0 Å². The van der Waals surface area contributed by atoms with Gasteiger partial charge in [0.05, 0.1) is 0 Å². The minimum atomic E-state index is 0.562. The first-order chi connectivity index (χ1) is 10.2. The lowest BCUT2D eigenvalue weighted by Gasteiger charge is -1.94. The summed E-state index contributed by atoms with van der Waals surface area (Å²) in [4.78, 5) is 14.9. The van der Waals surface area contributed by atoms with Crippen molar-refractivity contribution in [3.63, 3.8) is 0 Å². The molecule has 0 aliphatic carbocycles. The fourth-order valence-corrected chi connectivity index (χ4v) is 1.60. The van der Waals surface area contributed by atoms with Crippen LogP contribution in [0.2, 0.25) is 0 Å². The minimum Gasteiger partial charge on any atom is -0.339 e. The van der Waals surface area contributed by atoms with Crippen molar-refractivity contribution < 1.29 is 9.32 Å². The van der Waals surface area contributed by atoms with Gasteiger partial charge in [0, 0.05) is 17.5 Å². The molecular weight excluding hydrogens is 268 g/mol. The molecule has 0 saturated carbocycles. The van der Waals surface area contributed by atoms with Gasteiger partial charge in [-0.3, -0.25) is 4.79 Å². The maximum absolute atomic E-state index is 10.5. The third kappa shape index (κ3) is 5.85. The van der Waals surface area contributed by atoms with Gasteiger partial charge in [0.2, 0.25) is 11.7 Å². The molecule has 0 atom stereocenters. The zero-order chi connectivity index (χ0) is 15.5. The maximum atomic E-state index is 10.5. The summed E-state index contributed by atoms with van der Waals surface area (Å²) in [6, 6.07) is 7.09. The molecule has 1 heterocycles. The van der Waals surface area contributed by atoms with Gasteiger partial charge in [-0.25, -0.2) is 0 Å². The summed E-state index contributed by atoms with van der Waals surface area (Å²) in [5, 5.41) is 9.74. The van der Waals surface area contributed by atoms with Crippen LogP contribution in [0.5, 0.6) is 0 Å². The van der Waals surface area contributed by atoms with Gasteiger partial charge in [0.15, 0.2) is 0 Å². The van der Waals surface area contributed by atoms with Crippen molar-refractivity contribution in [2.45, 2.75) is 12.8 Å². The molecule has 2 N–H and O–H groups in total. The minimum absolute atomic E-state index is 0.562. The number of hydrogen-bond donors (Lipinski definition) is 2. The number of rotatable bonds is 6. The Morgan fingerprint density at radius 3 is 2.43 bits per heavy atom.